The van der Waals surface area contributed by atoms with Crippen LogP contribution in [0, 0.1) is 10.1 Å². The van der Waals surface area contributed by atoms with E-state index in [0.717, 1.165) is 18.1 Å². The van der Waals surface area contributed by atoms with E-state index in [1.165, 1.54) is 6.07 Å². The quantitative estimate of drug-likeness (QED) is 0.368. The molecule has 2 heterocycles. The molecule has 0 atom stereocenters. The van der Waals surface area contributed by atoms with Gasteiger partial charge in [0, 0.05) is 6.07 Å². The molecule has 0 aliphatic carbocycles. The number of rotatable bonds is 3. The largest absolute Gasteiger partial charge is 0.383 e. The summed E-state index contributed by atoms with van der Waals surface area (Å²) in [6.07, 6.45) is 1.10. The molecule has 0 saturated heterocycles. The van der Waals surface area contributed by atoms with E-state index in [1.54, 1.807) is 0 Å². The zero-order valence-corrected chi connectivity index (χ0v) is 10.7. The zero-order chi connectivity index (χ0) is 14.0. The van der Waals surface area contributed by atoms with Crippen molar-refractivity contribution < 1.29 is 4.92 Å². The predicted molar refractivity (Wildman–Crippen MR) is 68.7 cm³/mol. The molecule has 0 aromatic carbocycles. The van der Waals surface area contributed by atoms with Crippen molar-refractivity contribution in [2.45, 2.75) is 10.2 Å². The van der Waals surface area contributed by atoms with Gasteiger partial charge in [-0.15, -0.1) is 0 Å². The summed E-state index contributed by atoms with van der Waals surface area (Å²) in [5, 5.41) is 10.8. The van der Waals surface area contributed by atoms with E-state index in [0.29, 0.717) is 0 Å². The van der Waals surface area contributed by atoms with E-state index in [-0.39, 0.29) is 27.0 Å². The summed E-state index contributed by atoms with van der Waals surface area (Å²) in [5.41, 5.74) is 10.6. The molecule has 0 radical (unpaired) electrons. The number of nitro groups is 1. The van der Waals surface area contributed by atoms with Gasteiger partial charge in [-0.1, -0.05) is 11.6 Å². The minimum absolute atomic E-state index is 0.00926. The average Bonchev–Trinajstić information content (AvgIpc) is 2.26. The highest BCUT2D eigenvalue weighted by Gasteiger charge is 2.23. The van der Waals surface area contributed by atoms with Crippen LogP contribution in [0.15, 0.2) is 22.6 Å². The van der Waals surface area contributed by atoms with Crippen molar-refractivity contribution in [1.29, 1.82) is 0 Å². The summed E-state index contributed by atoms with van der Waals surface area (Å²) >= 11 is 6.48. The van der Waals surface area contributed by atoms with Crippen LogP contribution in [-0.2, 0) is 0 Å². The fourth-order valence-corrected chi connectivity index (χ4v) is 2.27. The molecule has 0 aliphatic rings. The van der Waals surface area contributed by atoms with Gasteiger partial charge in [0.25, 0.3) is 0 Å². The molecule has 0 aliphatic heterocycles. The number of nitrogens with two attached hydrogens (primary N) is 2. The molecule has 11 heteroatoms. The Kier molecular flexibility index (Phi) is 3.62. The fourth-order valence-electron chi connectivity index (χ4n) is 1.16. The second-order valence-corrected chi connectivity index (χ2v) is 4.49. The lowest BCUT2D eigenvalue weighted by Crippen LogP contribution is -2.01. The van der Waals surface area contributed by atoms with E-state index >= 15 is 0 Å². The zero-order valence-electron chi connectivity index (χ0n) is 9.15. The van der Waals surface area contributed by atoms with Crippen LogP contribution in [-0.4, -0.2) is 24.9 Å². The molecule has 0 amide bonds. The van der Waals surface area contributed by atoms with Crippen molar-refractivity contribution in [3.8, 4) is 0 Å². The number of anilines is 2. The number of nitrogens with zero attached hydrogens (tertiary/aromatic N) is 5. The normalized spacial score (nSPS) is 10.4. The lowest BCUT2D eigenvalue weighted by atomic mass is 10.5. The van der Waals surface area contributed by atoms with Crippen LogP contribution in [0.5, 0.6) is 0 Å². The molecule has 19 heavy (non-hydrogen) atoms. The average molecular weight is 300 g/mol. The Morgan fingerprint density at radius 2 is 1.89 bits per heavy atom. The minimum atomic E-state index is -0.680. The van der Waals surface area contributed by atoms with Crippen LogP contribution in [0.4, 0.5) is 17.3 Å². The van der Waals surface area contributed by atoms with Gasteiger partial charge in [-0.25, -0.2) is 19.9 Å². The number of aromatic nitrogens is 4. The molecule has 0 bridgehead atoms. The van der Waals surface area contributed by atoms with Crippen molar-refractivity contribution in [3.63, 3.8) is 0 Å². The lowest BCUT2D eigenvalue weighted by molar-refractivity contribution is -0.388. The summed E-state index contributed by atoms with van der Waals surface area (Å²) < 4.78 is 0. The first-order chi connectivity index (χ1) is 8.97. The number of nitrogen functional groups attached to an aromatic ring is 2. The monoisotopic (exact) mass is 299 g/mol. The molecule has 9 nitrogen and oxygen atoms in total. The first kappa shape index (κ1) is 13.2. The highest BCUT2D eigenvalue weighted by molar-refractivity contribution is 7.99. The molecular formula is C8H6ClN7O2S. The number of halogens is 1. The lowest BCUT2D eigenvalue weighted by Gasteiger charge is -2.03. The Bertz CT molecular complexity index is 633. The molecular weight excluding hydrogens is 294 g/mol. The maximum atomic E-state index is 10.9. The molecule has 0 spiro atoms. The number of hydrogen-bond donors (Lipinski definition) is 2. The van der Waals surface area contributed by atoms with Crippen molar-refractivity contribution >= 4 is 40.7 Å². The Morgan fingerprint density at radius 3 is 2.47 bits per heavy atom. The topological polar surface area (TPSA) is 147 Å². The first-order valence-corrected chi connectivity index (χ1v) is 5.89. The van der Waals surface area contributed by atoms with Crippen LogP contribution in [0.1, 0.15) is 0 Å². The van der Waals surface area contributed by atoms with Gasteiger partial charge < -0.3 is 11.5 Å². The van der Waals surface area contributed by atoms with Crippen LogP contribution < -0.4 is 11.5 Å². The fraction of sp³-hybridized carbons (Fsp3) is 0. The minimum Gasteiger partial charge on any atom is -0.383 e. The van der Waals surface area contributed by atoms with Gasteiger partial charge in [-0.3, -0.25) is 10.1 Å². The smallest absolute Gasteiger partial charge is 0.338 e. The second kappa shape index (κ2) is 5.20. The highest BCUT2D eigenvalue weighted by atomic mass is 35.5. The van der Waals surface area contributed by atoms with E-state index in [9.17, 15) is 10.1 Å². The maximum absolute atomic E-state index is 10.9. The third-order valence-corrected chi connectivity index (χ3v) is 2.99. The van der Waals surface area contributed by atoms with Gasteiger partial charge in [0.2, 0.25) is 5.15 Å². The Hall–Kier alpha value is -2.20. The summed E-state index contributed by atoms with van der Waals surface area (Å²) in [6.45, 7) is 0. The molecule has 2 aromatic heterocycles. The van der Waals surface area contributed by atoms with Crippen molar-refractivity contribution in [2.24, 2.45) is 0 Å². The molecule has 98 valence electrons. The highest BCUT2D eigenvalue weighted by Crippen LogP contribution is 2.34. The van der Waals surface area contributed by atoms with E-state index in [1.807, 2.05) is 0 Å². The molecule has 2 rings (SSSR count). The maximum Gasteiger partial charge on any atom is 0.338 e. The van der Waals surface area contributed by atoms with Gasteiger partial charge in [-0.2, -0.15) is 0 Å². The van der Waals surface area contributed by atoms with Gasteiger partial charge >= 0.3 is 5.69 Å². The third kappa shape index (κ3) is 2.98. The summed E-state index contributed by atoms with van der Waals surface area (Å²) in [4.78, 5) is 25.3. The van der Waals surface area contributed by atoms with E-state index in [4.69, 9.17) is 23.1 Å². The molecule has 2 aromatic rings. The molecule has 0 saturated carbocycles. The molecule has 4 N–H and O–H groups in total. The van der Waals surface area contributed by atoms with Crippen molar-refractivity contribution in [2.75, 3.05) is 11.5 Å². The second-order valence-electron chi connectivity index (χ2n) is 3.18. The van der Waals surface area contributed by atoms with Crippen molar-refractivity contribution in [3.05, 3.63) is 27.7 Å². The van der Waals surface area contributed by atoms with Crippen LogP contribution >= 0.6 is 23.4 Å². The summed E-state index contributed by atoms with van der Waals surface area (Å²) in [5.74, 6) is 0.301. The Labute approximate surface area is 115 Å². The van der Waals surface area contributed by atoms with Gasteiger partial charge in [-0.05, 0) is 11.8 Å². The van der Waals surface area contributed by atoms with Gasteiger partial charge in [0.05, 0.1) is 4.92 Å². The summed E-state index contributed by atoms with van der Waals surface area (Å²) in [7, 11) is 0. The third-order valence-electron chi connectivity index (χ3n) is 1.86. The van der Waals surface area contributed by atoms with Crippen LogP contribution in [0.2, 0.25) is 5.15 Å². The standard InChI is InChI=1S/C8H6ClN7O2S/c9-6-5(16(17)18)7(13-2-12-6)19-8-14-3(10)1-4(11)15-8/h1-2H,(H4,10,11,14,15). The van der Waals surface area contributed by atoms with Crippen LogP contribution in [0.3, 0.4) is 0 Å². The van der Waals surface area contributed by atoms with Crippen LogP contribution in [0.25, 0.3) is 0 Å². The molecule has 0 fully saturated rings. The SMILES string of the molecule is Nc1cc(N)nc(Sc2ncnc(Cl)c2[N+](=O)[O-])n1. The van der Waals surface area contributed by atoms with Crippen molar-refractivity contribution in [1.82, 2.24) is 19.9 Å². The van der Waals surface area contributed by atoms with E-state index < -0.39 is 10.6 Å². The molecule has 0 unspecified atom stereocenters. The Morgan fingerprint density at radius 1 is 1.26 bits per heavy atom. The van der Waals surface area contributed by atoms with Gasteiger partial charge in [0.15, 0.2) is 10.2 Å². The number of hydrogen-bond acceptors (Lipinski definition) is 9. The predicted octanol–water partition coefficient (Wildman–Crippen LogP) is 1.14. The van der Waals surface area contributed by atoms with E-state index in [2.05, 4.69) is 19.9 Å². The first-order valence-electron chi connectivity index (χ1n) is 4.70. The summed E-state index contributed by atoms with van der Waals surface area (Å²) in [6, 6.07) is 1.37. The van der Waals surface area contributed by atoms with Gasteiger partial charge in [0.1, 0.15) is 18.0 Å². The Balaban J connectivity index is 2.43.